The summed E-state index contributed by atoms with van der Waals surface area (Å²) in [5, 5.41) is 2.30. The molecule has 0 spiro atoms. The van der Waals surface area contributed by atoms with E-state index in [4.69, 9.17) is 4.74 Å². The third kappa shape index (κ3) is 6.30. The van der Waals surface area contributed by atoms with Crippen molar-refractivity contribution in [3.05, 3.63) is 64.7 Å². The zero-order valence-electron chi connectivity index (χ0n) is 21.2. The first-order valence-electron chi connectivity index (χ1n) is 13.0. The number of hydrogen-bond donors (Lipinski definition) is 1. The highest BCUT2D eigenvalue weighted by molar-refractivity contribution is 6.05. The number of likely N-dealkylation sites (tertiary alicyclic amines) is 1. The van der Waals surface area contributed by atoms with Gasteiger partial charge in [-0.3, -0.25) is 29.6 Å². The minimum absolute atomic E-state index is 0.0917. The van der Waals surface area contributed by atoms with Gasteiger partial charge in [-0.2, -0.15) is 13.2 Å². The van der Waals surface area contributed by atoms with Crippen LogP contribution in [0.3, 0.4) is 0 Å². The Bertz CT molecular complexity index is 1280. The van der Waals surface area contributed by atoms with Crippen molar-refractivity contribution in [3.8, 4) is 5.75 Å². The molecule has 1 unspecified atom stereocenters. The molecule has 1 N–H and O–H groups in total. The van der Waals surface area contributed by atoms with E-state index in [9.17, 15) is 27.6 Å². The van der Waals surface area contributed by atoms with Gasteiger partial charge in [-0.05, 0) is 48.9 Å². The third-order valence-electron chi connectivity index (χ3n) is 7.31. The molecule has 3 amide bonds. The second kappa shape index (κ2) is 11.2. The number of carbonyl (C=O) groups is 3. The smallest absolute Gasteiger partial charge is 0.426 e. The number of rotatable bonds is 7. The molecule has 3 aliphatic rings. The van der Waals surface area contributed by atoms with E-state index in [0.29, 0.717) is 42.8 Å². The van der Waals surface area contributed by atoms with E-state index in [1.807, 2.05) is 29.2 Å². The summed E-state index contributed by atoms with van der Waals surface area (Å²) in [6, 6.07) is 12.2. The van der Waals surface area contributed by atoms with Crippen LogP contribution in [-0.2, 0) is 29.3 Å². The van der Waals surface area contributed by atoms with Crippen LogP contribution in [0, 0.1) is 0 Å². The van der Waals surface area contributed by atoms with Crippen molar-refractivity contribution in [1.29, 1.82) is 0 Å². The molecule has 8 nitrogen and oxygen atoms in total. The highest BCUT2D eigenvalue weighted by Gasteiger charge is 2.40. The van der Waals surface area contributed by atoms with Crippen LogP contribution in [0.2, 0.25) is 0 Å². The average Bonchev–Trinajstić information content (AvgIpc) is 3.24. The highest BCUT2D eigenvalue weighted by atomic mass is 19.4. The molecule has 0 radical (unpaired) electrons. The van der Waals surface area contributed by atoms with Crippen molar-refractivity contribution in [3.63, 3.8) is 0 Å². The highest BCUT2D eigenvalue weighted by Crippen LogP contribution is 2.34. The number of fused-ring (bicyclic) bond motifs is 1. The summed E-state index contributed by atoms with van der Waals surface area (Å²) >= 11 is 0. The maximum Gasteiger partial charge on any atom is 0.426 e. The normalized spacial score (nSPS) is 22.3. The van der Waals surface area contributed by atoms with Gasteiger partial charge < -0.3 is 9.64 Å². The van der Waals surface area contributed by atoms with E-state index >= 15 is 0 Å². The van der Waals surface area contributed by atoms with E-state index in [-0.39, 0.29) is 37.6 Å². The van der Waals surface area contributed by atoms with Gasteiger partial charge in [0.15, 0.2) is 0 Å². The molecule has 0 saturated carbocycles. The Morgan fingerprint density at radius 3 is 2.54 bits per heavy atom. The van der Waals surface area contributed by atoms with Crippen molar-refractivity contribution < 1.29 is 32.3 Å². The van der Waals surface area contributed by atoms with Gasteiger partial charge in [0.1, 0.15) is 30.8 Å². The zero-order valence-corrected chi connectivity index (χ0v) is 21.2. The number of piperidine rings is 2. The molecule has 0 bridgehead atoms. The number of imide groups is 1. The molecule has 0 aliphatic carbocycles. The van der Waals surface area contributed by atoms with Crippen LogP contribution in [0.25, 0.3) is 0 Å². The van der Waals surface area contributed by atoms with Gasteiger partial charge >= 0.3 is 6.18 Å². The van der Waals surface area contributed by atoms with Crippen LogP contribution in [0.15, 0.2) is 47.5 Å². The van der Waals surface area contributed by atoms with Gasteiger partial charge in [0.25, 0.3) is 5.91 Å². The van der Waals surface area contributed by atoms with Crippen LogP contribution >= 0.6 is 0 Å². The molecule has 206 valence electrons. The molecule has 3 heterocycles. The summed E-state index contributed by atoms with van der Waals surface area (Å²) in [6.45, 7) is 1.68. The van der Waals surface area contributed by atoms with Gasteiger partial charge in [-0.15, -0.1) is 0 Å². The van der Waals surface area contributed by atoms with E-state index < -0.39 is 24.3 Å². The van der Waals surface area contributed by atoms with Crippen molar-refractivity contribution >= 4 is 23.9 Å². The van der Waals surface area contributed by atoms with Crippen LogP contribution in [-0.4, -0.2) is 58.7 Å². The number of amides is 3. The molecule has 0 aromatic heterocycles. The largest absolute Gasteiger partial charge is 0.489 e. The summed E-state index contributed by atoms with van der Waals surface area (Å²) in [5.41, 5.74) is 3.06. The third-order valence-corrected chi connectivity index (χ3v) is 7.31. The second-order valence-electron chi connectivity index (χ2n) is 10.1. The Kier molecular flexibility index (Phi) is 7.69. The Morgan fingerprint density at radius 1 is 1.03 bits per heavy atom. The van der Waals surface area contributed by atoms with Gasteiger partial charge in [0, 0.05) is 30.6 Å². The quantitative estimate of drug-likeness (QED) is 0.422. The number of ether oxygens (including phenoxy) is 1. The number of benzene rings is 2. The van der Waals surface area contributed by atoms with Crippen LogP contribution < -0.4 is 10.1 Å². The topological polar surface area (TPSA) is 91.3 Å². The predicted octanol–water partition coefficient (Wildman–Crippen LogP) is 3.97. The maximum atomic E-state index is 13.0. The minimum Gasteiger partial charge on any atom is -0.489 e. The number of carbonyl (C=O) groups excluding carboxylic acids is 3. The van der Waals surface area contributed by atoms with Gasteiger partial charge in [-0.1, -0.05) is 30.3 Å². The Labute approximate surface area is 223 Å². The van der Waals surface area contributed by atoms with Gasteiger partial charge in [0.05, 0.1) is 6.54 Å². The van der Waals surface area contributed by atoms with Gasteiger partial charge in [-0.25, -0.2) is 0 Å². The van der Waals surface area contributed by atoms with E-state index in [0.717, 1.165) is 24.0 Å². The van der Waals surface area contributed by atoms with E-state index in [1.165, 1.54) is 4.90 Å². The second-order valence-corrected chi connectivity index (χ2v) is 10.1. The fourth-order valence-electron chi connectivity index (χ4n) is 5.33. The minimum atomic E-state index is -4.42. The van der Waals surface area contributed by atoms with Crippen LogP contribution in [0.5, 0.6) is 5.75 Å². The Morgan fingerprint density at radius 2 is 1.79 bits per heavy atom. The first-order chi connectivity index (χ1) is 18.7. The lowest BCUT2D eigenvalue weighted by molar-refractivity contribution is -0.136. The molecule has 39 heavy (non-hydrogen) atoms. The molecule has 2 saturated heterocycles. The molecule has 3 aliphatic heterocycles. The fraction of sp³-hybridized carbons (Fsp3) is 0.429. The first-order valence-corrected chi connectivity index (χ1v) is 13.0. The Hall–Kier alpha value is -3.73. The van der Waals surface area contributed by atoms with E-state index in [1.54, 1.807) is 18.2 Å². The number of nitrogens with zero attached hydrogens (tertiary/aromatic N) is 3. The molecule has 2 aromatic carbocycles. The lowest BCUT2D eigenvalue weighted by Crippen LogP contribution is -2.52. The van der Waals surface area contributed by atoms with Crippen molar-refractivity contribution in [2.45, 2.75) is 70.2 Å². The first kappa shape index (κ1) is 26.9. The number of hydrogen-bond acceptors (Lipinski definition) is 6. The summed E-state index contributed by atoms with van der Waals surface area (Å²) in [7, 11) is 0. The lowest BCUT2D eigenvalue weighted by atomic mass is 10.0. The molecular weight excluding hydrogens is 513 g/mol. The molecule has 11 heteroatoms. The summed E-state index contributed by atoms with van der Waals surface area (Å²) in [6.07, 6.45) is -1.94. The standard InChI is InChI=1S/C28H29F3N4O4/c29-28(30,31)17-32-24-6-1-2-13-34(24)14-18-7-9-19(10-8-18)16-39-23-5-3-4-20-21(23)15-35(27(20)38)22-11-12-25(36)33-26(22)37/h3-5,7-10,17,22,24H,1-2,6,11-16H2,(H,33,36,37)/b32-17+/t22?,24-/m1/s1. The number of aliphatic imine (C=N–C) groups is 1. The predicted molar refractivity (Wildman–Crippen MR) is 136 cm³/mol. The van der Waals surface area contributed by atoms with Crippen molar-refractivity contribution in [2.75, 3.05) is 6.54 Å². The lowest BCUT2D eigenvalue weighted by Gasteiger charge is -2.33. The fourth-order valence-corrected chi connectivity index (χ4v) is 5.33. The van der Waals surface area contributed by atoms with Crippen LogP contribution in [0.4, 0.5) is 13.2 Å². The molecule has 2 atom stereocenters. The maximum absolute atomic E-state index is 13.0. The van der Waals surface area contributed by atoms with Crippen molar-refractivity contribution in [2.24, 2.45) is 4.99 Å². The Balaban J connectivity index is 1.20. The monoisotopic (exact) mass is 542 g/mol. The average molecular weight is 543 g/mol. The number of halogens is 3. The van der Waals surface area contributed by atoms with Crippen LogP contribution in [0.1, 0.15) is 59.2 Å². The number of alkyl halides is 3. The molecular formula is C28H29F3N4O4. The molecule has 2 fully saturated rings. The van der Waals surface area contributed by atoms with Crippen molar-refractivity contribution in [1.82, 2.24) is 15.1 Å². The SMILES string of the molecule is O=C1CCC(N2Cc3c(OCc4ccc(CN5CCCC[C@@H]5/N=C/C(F)(F)F)cc4)cccc3C2=O)C(=O)N1. The summed E-state index contributed by atoms with van der Waals surface area (Å²) in [4.78, 5) is 44.1. The van der Waals surface area contributed by atoms with E-state index in [2.05, 4.69) is 10.3 Å². The number of nitrogens with one attached hydrogen (secondary N) is 1. The zero-order chi connectivity index (χ0) is 27.6. The van der Waals surface area contributed by atoms with Gasteiger partial charge in [0.2, 0.25) is 11.8 Å². The molecule has 2 aromatic rings. The summed E-state index contributed by atoms with van der Waals surface area (Å²) < 4.78 is 43.9. The summed E-state index contributed by atoms with van der Waals surface area (Å²) in [5.74, 6) is -0.498. The molecule has 5 rings (SSSR count).